The van der Waals surface area contributed by atoms with Crippen LogP contribution < -0.4 is 10.6 Å². The van der Waals surface area contributed by atoms with Crippen LogP contribution >= 0.6 is 12.4 Å². The van der Waals surface area contributed by atoms with Crippen LogP contribution in [0.5, 0.6) is 0 Å². The first kappa shape index (κ1) is 23.3. The van der Waals surface area contributed by atoms with Crippen LogP contribution in [0.2, 0.25) is 0 Å². The molecule has 88 valence electrons. The summed E-state index contributed by atoms with van der Waals surface area (Å²) in [5.41, 5.74) is 0.264. The zero-order chi connectivity index (χ0) is 11.3. The Kier molecular flexibility index (Phi) is 38.1. The molecule has 0 saturated carbocycles. The van der Waals surface area contributed by atoms with E-state index in [9.17, 15) is 4.79 Å². The maximum absolute atomic E-state index is 9.83. The molecule has 0 amide bonds. The van der Waals surface area contributed by atoms with Crippen LogP contribution in [-0.4, -0.2) is 39.3 Å². The molecule has 0 rings (SSSR count). The van der Waals surface area contributed by atoms with E-state index < -0.39 is 5.97 Å². The average molecular weight is 227 g/mol. The summed E-state index contributed by atoms with van der Waals surface area (Å²) >= 11 is 0. The first-order valence-corrected chi connectivity index (χ1v) is 4.09. The third-order valence-electron chi connectivity index (χ3n) is 0.729. The van der Waals surface area contributed by atoms with Gasteiger partial charge in [0.1, 0.15) is 0 Å². The Hall–Kier alpha value is -0.580. The van der Waals surface area contributed by atoms with E-state index in [1.807, 2.05) is 28.2 Å². The normalized spacial score (nSPS) is 6.64. The predicted octanol–water partition coefficient (Wildman–Crippen LogP) is 1.13. The highest BCUT2D eigenvalue weighted by atomic mass is 35.5. The molecule has 0 aromatic rings. The minimum Gasteiger partial charge on any atom is -0.478 e. The van der Waals surface area contributed by atoms with E-state index in [4.69, 9.17) is 5.11 Å². The second-order valence-electron chi connectivity index (χ2n) is 2.26. The van der Waals surface area contributed by atoms with Crippen molar-refractivity contribution in [1.82, 2.24) is 10.6 Å². The molecule has 3 N–H and O–H groups in total. The molecular formula is C9H23ClN2O2. The zero-order valence-corrected chi connectivity index (χ0v) is 10.5. The van der Waals surface area contributed by atoms with Gasteiger partial charge in [0.15, 0.2) is 0 Å². The van der Waals surface area contributed by atoms with Gasteiger partial charge in [-0.3, -0.25) is 0 Å². The van der Waals surface area contributed by atoms with Crippen LogP contribution in [0.15, 0.2) is 12.2 Å². The minimum atomic E-state index is -0.900. The highest BCUT2D eigenvalue weighted by Crippen LogP contribution is 1.93. The minimum absolute atomic E-state index is 0. The smallest absolute Gasteiger partial charge is 0.330 e. The summed E-state index contributed by atoms with van der Waals surface area (Å²) < 4.78 is 0. The number of carbonyl (C=O) groups is 1. The van der Waals surface area contributed by atoms with Crippen LogP contribution in [0, 0.1) is 0 Å². The number of hydrogen-bond donors (Lipinski definition) is 3. The lowest BCUT2D eigenvalue weighted by Gasteiger charge is -1.87. The van der Waals surface area contributed by atoms with Crippen LogP contribution in [0.25, 0.3) is 0 Å². The van der Waals surface area contributed by atoms with Gasteiger partial charge in [-0.15, -0.1) is 12.4 Å². The SMILES string of the molecule is C=C(CC)C(=O)O.CNC.CNC.Cl. The van der Waals surface area contributed by atoms with Gasteiger partial charge in [0.25, 0.3) is 0 Å². The number of nitrogens with one attached hydrogen (secondary N) is 2. The van der Waals surface area contributed by atoms with E-state index in [-0.39, 0.29) is 18.0 Å². The Balaban J connectivity index is -0.0000000610. The van der Waals surface area contributed by atoms with Crippen LogP contribution in [0.1, 0.15) is 13.3 Å². The van der Waals surface area contributed by atoms with Gasteiger partial charge >= 0.3 is 5.97 Å². The van der Waals surface area contributed by atoms with Crippen molar-refractivity contribution in [2.24, 2.45) is 0 Å². The van der Waals surface area contributed by atoms with Crippen molar-refractivity contribution in [2.75, 3.05) is 28.2 Å². The summed E-state index contributed by atoms with van der Waals surface area (Å²) in [4.78, 5) is 9.83. The summed E-state index contributed by atoms with van der Waals surface area (Å²) in [6, 6.07) is 0. The molecule has 0 aliphatic heterocycles. The van der Waals surface area contributed by atoms with Crippen LogP contribution in [0.4, 0.5) is 0 Å². The Morgan fingerprint density at radius 3 is 1.43 bits per heavy atom. The number of rotatable bonds is 2. The summed E-state index contributed by atoms with van der Waals surface area (Å²) in [5, 5.41) is 13.6. The number of carboxylic acids is 1. The zero-order valence-electron chi connectivity index (χ0n) is 9.68. The lowest BCUT2D eigenvalue weighted by Crippen LogP contribution is -1.95. The molecule has 0 unspecified atom stereocenters. The first-order chi connectivity index (χ1) is 6.01. The van der Waals surface area contributed by atoms with Crippen molar-refractivity contribution in [3.05, 3.63) is 12.2 Å². The van der Waals surface area contributed by atoms with E-state index in [1.165, 1.54) is 0 Å². The topological polar surface area (TPSA) is 61.4 Å². The molecule has 0 aliphatic carbocycles. The lowest BCUT2D eigenvalue weighted by atomic mass is 10.2. The van der Waals surface area contributed by atoms with Gasteiger partial charge in [0.2, 0.25) is 0 Å². The number of aliphatic carboxylic acids is 1. The maximum Gasteiger partial charge on any atom is 0.330 e. The molecule has 0 bridgehead atoms. The predicted molar refractivity (Wildman–Crippen MR) is 64.3 cm³/mol. The molecule has 0 aliphatic rings. The Labute approximate surface area is 93.2 Å². The second kappa shape index (κ2) is 22.8. The fraction of sp³-hybridized carbons (Fsp3) is 0.667. The molecular weight excluding hydrogens is 204 g/mol. The van der Waals surface area contributed by atoms with Gasteiger partial charge in [-0.05, 0) is 34.6 Å². The average Bonchev–Trinajstić information content (AvgIpc) is 2.05. The second-order valence-corrected chi connectivity index (χ2v) is 2.26. The highest BCUT2D eigenvalue weighted by Gasteiger charge is 1.96. The van der Waals surface area contributed by atoms with E-state index in [0.717, 1.165) is 0 Å². The third-order valence-corrected chi connectivity index (χ3v) is 0.729. The maximum atomic E-state index is 9.83. The summed E-state index contributed by atoms with van der Waals surface area (Å²) in [6.45, 7) is 5.03. The number of carboxylic acid groups (broad SMARTS) is 1. The van der Waals surface area contributed by atoms with E-state index in [1.54, 1.807) is 6.92 Å². The molecule has 0 radical (unpaired) electrons. The lowest BCUT2D eigenvalue weighted by molar-refractivity contribution is -0.132. The van der Waals surface area contributed by atoms with Crippen LogP contribution in [0.3, 0.4) is 0 Å². The van der Waals surface area contributed by atoms with Crippen molar-refractivity contribution in [1.29, 1.82) is 0 Å². The molecule has 0 heterocycles. The Morgan fingerprint density at radius 1 is 1.21 bits per heavy atom. The number of halogens is 1. The van der Waals surface area contributed by atoms with Crippen molar-refractivity contribution in [3.8, 4) is 0 Å². The first-order valence-electron chi connectivity index (χ1n) is 4.09. The van der Waals surface area contributed by atoms with Crippen molar-refractivity contribution in [2.45, 2.75) is 13.3 Å². The van der Waals surface area contributed by atoms with E-state index >= 15 is 0 Å². The molecule has 5 heteroatoms. The summed E-state index contributed by atoms with van der Waals surface area (Å²) in [5.74, 6) is -0.900. The van der Waals surface area contributed by atoms with Gasteiger partial charge < -0.3 is 15.7 Å². The molecule has 0 aromatic heterocycles. The van der Waals surface area contributed by atoms with E-state index in [2.05, 4.69) is 17.2 Å². The van der Waals surface area contributed by atoms with Crippen molar-refractivity contribution < 1.29 is 9.90 Å². The Bertz CT molecular complexity index is 128. The van der Waals surface area contributed by atoms with Crippen molar-refractivity contribution >= 4 is 18.4 Å². The van der Waals surface area contributed by atoms with Crippen molar-refractivity contribution in [3.63, 3.8) is 0 Å². The fourth-order valence-corrected chi connectivity index (χ4v) is 0.151. The molecule has 0 spiro atoms. The summed E-state index contributed by atoms with van der Waals surface area (Å²) in [6.07, 6.45) is 0.523. The van der Waals surface area contributed by atoms with Gasteiger partial charge in [-0.1, -0.05) is 13.5 Å². The summed E-state index contributed by atoms with van der Waals surface area (Å²) in [7, 11) is 7.50. The quantitative estimate of drug-likeness (QED) is 0.618. The molecule has 0 aromatic carbocycles. The van der Waals surface area contributed by atoms with Gasteiger partial charge in [-0.2, -0.15) is 0 Å². The largest absolute Gasteiger partial charge is 0.478 e. The molecule has 0 fully saturated rings. The van der Waals surface area contributed by atoms with E-state index in [0.29, 0.717) is 6.42 Å². The van der Waals surface area contributed by atoms with Gasteiger partial charge in [0.05, 0.1) is 0 Å². The fourth-order valence-electron chi connectivity index (χ4n) is 0.151. The Morgan fingerprint density at radius 2 is 1.43 bits per heavy atom. The molecule has 4 nitrogen and oxygen atoms in total. The van der Waals surface area contributed by atoms with Crippen LogP contribution in [-0.2, 0) is 4.79 Å². The highest BCUT2D eigenvalue weighted by molar-refractivity contribution is 5.85. The number of hydrogen-bond acceptors (Lipinski definition) is 3. The molecule has 0 atom stereocenters. The monoisotopic (exact) mass is 226 g/mol. The van der Waals surface area contributed by atoms with Gasteiger partial charge in [-0.25, -0.2) is 4.79 Å². The third kappa shape index (κ3) is 42.2. The van der Waals surface area contributed by atoms with Gasteiger partial charge in [0, 0.05) is 5.57 Å². The molecule has 0 saturated heterocycles. The molecule has 14 heavy (non-hydrogen) atoms. The standard InChI is InChI=1S/C5H8O2.2C2H7N.ClH/c1-3-4(2)5(6)7;2*1-3-2;/h2-3H2,1H3,(H,6,7);2*3H,1-2H3;1H.